The van der Waals surface area contributed by atoms with Crippen LogP contribution in [0.5, 0.6) is 0 Å². The van der Waals surface area contributed by atoms with Crippen LogP contribution in [0.2, 0.25) is 0 Å². The number of pyridine rings is 2. The maximum Gasteiger partial charge on any atom is 0.433 e. The van der Waals surface area contributed by atoms with Crippen molar-refractivity contribution in [2.24, 2.45) is 5.41 Å². The van der Waals surface area contributed by atoms with Gasteiger partial charge in [-0.15, -0.1) is 0 Å². The summed E-state index contributed by atoms with van der Waals surface area (Å²) in [5, 5.41) is 3.72. The van der Waals surface area contributed by atoms with Crippen LogP contribution in [-0.4, -0.2) is 51.3 Å². The maximum atomic E-state index is 14.4. The number of halogens is 4. The number of hydrogen-bond acceptors (Lipinski definition) is 6. The number of alkyl halides is 3. The van der Waals surface area contributed by atoms with E-state index in [-0.39, 0.29) is 31.6 Å². The Labute approximate surface area is 244 Å². The van der Waals surface area contributed by atoms with Crippen LogP contribution in [0.3, 0.4) is 0 Å². The van der Waals surface area contributed by atoms with Gasteiger partial charge in [-0.05, 0) is 85.0 Å². The van der Waals surface area contributed by atoms with Crippen molar-refractivity contribution in [2.45, 2.75) is 37.4 Å². The Morgan fingerprint density at radius 3 is 2.58 bits per heavy atom. The number of nitrogens with zero attached hydrogens (tertiary/aromatic N) is 5. The van der Waals surface area contributed by atoms with Crippen LogP contribution >= 0.6 is 0 Å². The third-order valence-corrected chi connectivity index (χ3v) is 9.72. The van der Waals surface area contributed by atoms with Crippen LogP contribution in [0.4, 0.5) is 17.6 Å². The number of carbonyl (C=O) groups excluding carboxylic acids is 1. The quantitative estimate of drug-likeness (QED) is 0.217. The zero-order valence-electron chi connectivity index (χ0n) is 22.8. The lowest BCUT2D eigenvalue weighted by atomic mass is 9.65. The Morgan fingerprint density at radius 2 is 1.86 bits per heavy atom. The second kappa shape index (κ2) is 10.5. The van der Waals surface area contributed by atoms with Crippen molar-refractivity contribution in [3.63, 3.8) is 0 Å². The standard InChI is InChI=1S/C30H25F4N5O3S/c1-2-19-10-12-35-24(14-19)28(40)29-16-20-17-36-39(23-8-6-22(31)7-9-23)25(20)15-21(29)11-13-38(18-29)43(41,42)27-5-3-4-26(37-27)30(32,33)34/h3-10,12,14-15,17H,2,11,13,16,18H2,1H3/t29-/m0/s1. The molecule has 0 radical (unpaired) electrons. The number of carbonyl (C=O) groups is 1. The fraction of sp³-hybridized carbons (Fsp3) is 0.267. The van der Waals surface area contributed by atoms with Gasteiger partial charge in [-0.2, -0.15) is 22.6 Å². The summed E-state index contributed by atoms with van der Waals surface area (Å²) in [6.45, 7) is 1.53. The molecule has 1 aliphatic heterocycles. The molecule has 1 fully saturated rings. The van der Waals surface area contributed by atoms with Crippen molar-refractivity contribution in [2.75, 3.05) is 13.1 Å². The highest BCUT2D eigenvalue weighted by atomic mass is 32.2. The van der Waals surface area contributed by atoms with Gasteiger partial charge < -0.3 is 0 Å². The first-order valence-corrected chi connectivity index (χ1v) is 14.9. The maximum absolute atomic E-state index is 14.4. The summed E-state index contributed by atoms with van der Waals surface area (Å²) in [7, 11) is -4.52. The van der Waals surface area contributed by atoms with Crippen molar-refractivity contribution >= 4 is 21.9 Å². The van der Waals surface area contributed by atoms with Crippen LogP contribution in [0, 0.1) is 11.2 Å². The van der Waals surface area contributed by atoms with E-state index in [0.717, 1.165) is 22.0 Å². The van der Waals surface area contributed by atoms with Gasteiger partial charge >= 0.3 is 6.18 Å². The zero-order valence-corrected chi connectivity index (χ0v) is 23.7. The third-order valence-electron chi connectivity index (χ3n) is 7.97. The minimum absolute atomic E-state index is 0.0776. The molecule has 6 rings (SSSR count). The Balaban J connectivity index is 1.45. The van der Waals surface area contributed by atoms with Gasteiger partial charge in [0, 0.05) is 19.3 Å². The second-order valence-electron chi connectivity index (χ2n) is 10.6. The van der Waals surface area contributed by atoms with E-state index in [1.54, 1.807) is 35.1 Å². The first kappa shape index (κ1) is 28.9. The topological polar surface area (TPSA) is 98.0 Å². The molecule has 0 unspecified atom stereocenters. The first-order chi connectivity index (χ1) is 20.4. The summed E-state index contributed by atoms with van der Waals surface area (Å²) < 4.78 is 83.7. The molecule has 4 heterocycles. The minimum Gasteiger partial charge on any atom is -0.291 e. The number of rotatable bonds is 6. The van der Waals surface area contributed by atoms with Crippen LogP contribution in [-0.2, 0) is 29.0 Å². The molecule has 3 aromatic heterocycles. The van der Waals surface area contributed by atoms with Crippen molar-refractivity contribution in [3.8, 4) is 5.69 Å². The van der Waals surface area contributed by atoms with Gasteiger partial charge in [0.2, 0.25) is 0 Å². The van der Waals surface area contributed by atoms with Crippen LogP contribution in [0.15, 0.2) is 77.6 Å². The van der Waals surface area contributed by atoms with Crippen LogP contribution in [0.25, 0.3) is 11.8 Å². The Hall–Kier alpha value is -4.23. The van der Waals surface area contributed by atoms with E-state index >= 15 is 0 Å². The highest BCUT2D eigenvalue weighted by Crippen LogP contribution is 2.47. The fourth-order valence-corrected chi connectivity index (χ4v) is 7.17. The van der Waals surface area contributed by atoms with Crippen molar-refractivity contribution in [3.05, 3.63) is 107 Å². The Bertz CT molecular complexity index is 1870. The lowest BCUT2D eigenvalue weighted by Crippen LogP contribution is -2.53. The summed E-state index contributed by atoms with van der Waals surface area (Å²) in [5.41, 5.74) is 0.905. The minimum atomic E-state index is -4.83. The summed E-state index contributed by atoms with van der Waals surface area (Å²) in [4.78, 5) is 22.1. The molecule has 13 heteroatoms. The number of Topliss-reactive ketones (excluding diaryl/α,β-unsaturated/α-hetero) is 1. The number of aryl methyl sites for hydroxylation is 1. The Kier molecular flexibility index (Phi) is 7.04. The van der Waals surface area contributed by atoms with E-state index in [1.807, 2.05) is 13.0 Å². The molecule has 2 aliphatic rings. The lowest BCUT2D eigenvalue weighted by molar-refractivity contribution is -0.141. The summed E-state index contributed by atoms with van der Waals surface area (Å²) in [6.07, 6.45) is 0.939. The SMILES string of the molecule is CCc1ccnc(C(=O)[C@]23Cc4cnn(-c5ccc(F)cc5)c4C=C2CCN(S(=O)(=O)c2cccc(C(F)(F)F)n2)C3)c1. The highest BCUT2D eigenvalue weighted by Gasteiger charge is 2.51. The van der Waals surface area contributed by atoms with E-state index in [0.29, 0.717) is 35.0 Å². The molecule has 4 aromatic rings. The predicted octanol–water partition coefficient (Wildman–Crippen LogP) is 5.29. The van der Waals surface area contributed by atoms with E-state index in [9.17, 15) is 30.8 Å². The molecule has 0 bridgehead atoms. The number of ketones is 1. The predicted molar refractivity (Wildman–Crippen MR) is 148 cm³/mol. The molecular formula is C30H25F4N5O3S. The molecule has 0 spiro atoms. The van der Waals surface area contributed by atoms with E-state index in [4.69, 9.17) is 0 Å². The van der Waals surface area contributed by atoms with Crippen molar-refractivity contribution in [1.82, 2.24) is 24.1 Å². The average molecular weight is 612 g/mol. The monoisotopic (exact) mass is 611 g/mol. The number of aromatic nitrogens is 4. The van der Waals surface area contributed by atoms with Gasteiger partial charge in [-0.1, -0.05) is 18.6 Å². The average Bonchev–Trinajstić information content (AvgIpc) is 3.41. The molecule has 222 valence electrons. The van der Waals surface area contributed by atoms with Crippen LogP contribution in [0.1, 0.15) is 46.3 Å². The summed E-state index contributed by atoms with van der Waals surface area (Å²) >= 11 is 0. The first-order valence-electron chi connectivity index (χ1n) is 13.5. The summed E-state index contributed by atoms with van der Waals surface area (Å²) in [5.74, 6) is -0.801. The van der Waals surface area contributed by atoms with E-state index < -0.39 is 43.9 Å². The zero-order chi connectivity index (χ0) is 30.6. The molecule has 43 heavy (non-hydrogen) atoms. The summed E-state index contributed by atoms with van der Waals surface area (Å²) in [6, 6.07) is 11.9. The van der Waals surface area contributed by atoms with Gasteiger partial charge in [0.25, 0.3) is 10.0 Å². The molecule has 0 saturated carbocycles. The molecule has 1 aliphatic carbocycles. The fourth-order valence-electron chi connectivity index (χ4n) is 5.72. The number of sulfonamides is 1. The number of benzene rings is 1. The van der Waals surface area contributed by atoms with Gasteiger partial charge in [0.05, 0.1) is 23.0 Å². The molecule has 0 N–H and O–H groups in total. The number of piperidine rings is 1. The second-order valence-corrected chi connectivity index (χ2v) is 12.4. The van der Waals surface area contributed by atoms with Crippen LogP contribution < -0.4 is 0 Å². The van der Waals surface area contributed by atoms with Gasteiger partial charge in [0.15, 0.2) is 10.8 Å². The molecule has 1 saturated heterocycles. The normalized spacial score (nSPS) is 19.0. The lowest BCUT2D eigenvalue weighted by Gasteiger charge is -2.44. The molecule has 0 amide bonds. The van der Waals surface area contributed by atoms with E-state index in [1.165, 1.54) is 18.3 Å². The van der Waals surface area contributed by atoms with Gasteiger partial charge in [-0.25, -0.2) is 22.5 Å². The molecule has 8 nitrogen and oxygen atoms in total. The van der Waals surface area contributed by atoms with E-state index in [2.05, 4.69) is 15.1 Å². The largest absolute Gasteiger partial charge is 0.433 e. The molecule has 1 aromatic carbocycles. The van der Waals surface area contributed by atoms with Crippen molar-refractivity contribution < 1.29 is 30.8 Å². The number of fused-ring (bicyclic) bond motifs is 2. The number of hydrogen-bond donors (Lipinski definition) is 0. The Morgan fingerprint density at radius 1 is 1.09 bits per heavy atom. The molecular weight excluding hydrogens is 586 g/mol. The third kappa shape index (κ3) is 5.06. The smallest absolute Gasteiger partial charge is 0.291 e. The van der Waals surface area contributed by atoms with Crippen molar-refractivity contribution in [1.29, 1.82) is 0 Å². The highest BCUT2D eigenvalue weighted by molar-refractivity contribution is 7.89. The molecule has 1 atom stereocenters. The van der Waals surface area contributed by atoms with Gasteiger partial charge in [0.1, 0.15) is 17.2 Å². The van der Waals surface area contributed by atoms with Gasteiger partial charge in [-0.3, -0.25) is 9.78 Å².